The van der Waals surface area contributed by atoms with Gasteiger partial charge in [0.15, 0.2) is 11.6 Å². The van der Waals surface area contributed by atoms with Crippen LogP contribution in [0.2, 0.25) is 0 Å². The summed E-state index contributed by atoms with van der Waals surface area (Å²) in [5.41, 5.74) is 11.6. The van der Waals surface area contributed by atoms with Crippen molar-refractivity contribution in [3.63, 3.8) is 0 Å². The standard InChI is InChI=1S/C53H42FN5/c1-52(2)29-30-53(3,4)48-41(52)20-14-24-45(48)58-43-22-12-9-17-36(43)39-31-40-37-18-10-13-23-44(37)59(47(40)32-46(39)58)51-56-49(55-50(57-51)38-19-8-11-21-42(38)54)35-27-25-34(26-28-35)33-15-6-5-7-16-33/h5-28,31-32H,29-30H2,1-4H3. The van der Waals surface area contributed by atoms with Gasteiger partial charge in [0, 0.05) is 27.1 Å². The summed E-state index contributed by atoms with van der Waals surface area (Å²) in [5, 5.41) is 4.57. The van der Waals surface area contributed by atoms with Crippen molar-refractivity contribution >= 4 is 43.6 Å². The number of hydrogen-bond donors (Lipinski definition) is 0. The highest BCUT2D eigenvalue weighted by Crippen LogP contribution is 2.49. The van der Waals surface area contributed by atoms with Crippen LogP contribution in [0.15, 0.2) is 158 Å². The summed E-state index contributed by atoms with van der Waals surface area (Å²) in [6, 6.07) is 53.9. The second-order valence-electron chi connectivity index (χ2n) is 17.3. The quantitative estimate of drug-likeness (QED) is 0.175. The molecule has 0 amide bonds. The predicted molar refractivity (Wildman–Crippen MR) is 240 cm³/mol. The second kappa shape index (κ2) is 13.0. The van der Waals surface area contributed by atoms with Crippen LogP contribution in [0.3, 0.4) is 0 Å². The van der Waals surface area contributed by atoms with Gasteiger partial charge in [-0.25, -0.2) is 9.37 Å². The molecule has 0 bridgehead atoms. The van der Waals surface area contributed by atoms with Crippen LogP contribution in [-0.2, 0) is 10.8 Å². The molecule has 0 aliphatic heterocycles. The van der Waals surface area contributed by atoms with Crippen LogP contribution >= 0.6 is 0 Å². The zero-order valence-electron chi connectivity index (χ0n) is 33.5. The molecule has 59 heavy (non-hydrogen) atoms. The fraction of sp³-hybridized carbons (Fsp3) is 0.151. The first-order chi connectivity index (χ1) is 28.7. The smallest absolute Gasteiger partial charge is 0.238 e. The minimum absolute atomic E-state index is 0.0121. The summed E-state index contributed by atoms with van der Waals surface area (Å²) >= 11 is 0. The number of aromatic nitrogens is 5. The Balaban J connectivity index is 1.21. The summed E-state index contributed by atoms with van der Waals surface area (Å²) in [6.07, 6.45) is 2.25. The Morgan fingerprint density at radius 2 is 1.03 bits per heavy atom. The average molecular weight is 768 g/mol. The van der Waals surface area contributed by atoms with E-state index in [-0.39, 0.29) is 22.5 Å². The Hall–Kier alpha value is -6.92. The molecule has 0 fully saturated rings. The van der Waals surface area contributed by atoms with E-state index in [0.29, 0.717) is 17.3 Å². The summed E-state index contributed by atoms with van der Waals surface area (Å²) in [5.74, 6) is 0.779. The Kier molecular flexibility index (Phi) is 7.80. The molecule has 1 aliphatic carbocycles. The van der Waals surface area contributed by atoms with E-state index in [1.54, 1.807) is 12.1 Å². The highest BCUT2D eigenvalue weighted by molar-refractivity contribution is 6.19. The number of para-hydroxylation sites is 2. The number of hydrogen-bond acceptors (Lipinski definition) is 3. The van der Waals surface area contributed by atoms with E-state index in [1.165, 1.54) is 39.2 Å². The fourth-order valence-electron chi connectivity index (χ4n) is 9.59. The average Bonchev–Trinajstić information content (AvgIpc) is 3.76. The topological polar surface area (TPSA) is 48.5 Å². The number of rotatable bonds is 5. The molecule has 7 aromatic carbocycles. The van der Waals surface area contributed by atoms with Gasteiger partial charge in [0.05, 0.1) is 33.3 Å². The second-order valence-corrected chi connectivity index (χ2v) is 17.3. The lowest BCUT2D eigenvalue weighted by molar-refractivity contribution is 0.331. The first-order valence-electron chi connectivity index (χ1n) is 20.4. The molecule has 0 spiro atoms. The van der Waals surface area contributed by atoms with Gasteiger partial charge in [-0.05, 0) is 88.4 Å². The van der Waals surface area contributed by atoms with Gasteiger partial charge in [-0.3, -0.25) is 4.57 Å². The maximum atomic E-state index is 15.6. The van der Waals surface area contributed by atoms with Crippen LogP contribution in [0.4, 0.5) is 4.39 Å². The van der Waals surface area contributed by atoms with Crippen molar-refractivity contribution in [3.8, 4) is 45.5 Å². The lowest BCUT2D eigenvalue weighted by Crippen LogP contribution is -2.35. The molecule has 0 unspecified atom stereocenters. The van der Waals surface area contributed by atoms with Gasteiger partial charge in [0.2, 0.25) is 5.95 Å². The predicted octanol–water partition coefficient (Wildman–Crippen LogP) is 13.6. The molecule has 10 aromatic rings. The molecule has 3 heterocycles. The molecule has 3 aromatic heterocycles. The monoisotopic (exact) mass is 767 g/mol. The van der Waals surface area contributed by atoms with Gasteiger partial charge in [-0.1, -0.05) is 143 Å². The Morgan fingerprint density at radius 1 is 0.458 bits per heavy atom. The third-order valence-corrected chi connectivity index (χ3v) is 12.7. The van der Waals surface area contributed by atoms with Crippen molar-refractivity contribution in [2.45, 2.75) is 51.4 Å². The van der Waals surface area contributed by atoms with Crippen LogP contribution < -0.4 is 0 Å². The summed E-state index contributed by atoms with van der Waals surface area (Å²) in [4.78, 5) is 15.2. The van der Waals surface area contributed by atoms with Crippen LogP contribution in [0.5, 0.6) is 0 Å². The molecular weight excluding hydrogens is 726 g/mol. The fourth-order valence-corrected chi connectivity index (χ4v) is 9.59. The van der Waals surface area contributed by atoms with E-state index in [4.69, 9.17) is 15.0 Å². The Bertz CT molecular complexity index is 3280. The largest absolute Gasteiger partial charge is 0.309 e. The van der Waals surface area contributed by atoms with Crippen LogP contribution in [-0.4, -0.2) is 24.1 Å². The van der Waals surface area contributed by atoms with E-state index in [9.17, 15) is 0 Å². The molecule has 11 rings (SSSR count). The molecule has 5 nitrogen and oxygen atoms in total. The van der Waals surface area contributed by atoms with Gasteiger partial charge < -0.3 is 4.57 Å². The first-order valence-corrected chi connectivity index (χ1v) is 20.4. The molecule has 0 N–H and O–H groups in total. The SMILES string of the molecule is CC1(C)CCC(C)(C)c2c(-n3c4ccccc4c4cc5c6ccccc6n(-c6nc(-c7ccc(-c8ccccc8)cc7)nc(-c7ccccc7F)n6)c5cc43)cccc21. The molecule has 0 radical (unpaired) electrons. The number of nitrogens with zero attached hydrogens (tertiary/aromatic N) is 5. The van der Waals surface area contributed by atoms with Crippen LogP contribution in [0, 0.1) is 5.82 Å². The highest BCUT2D eigenvalue weighted by atomic mass is 19.1. The lowest BCUT2D eigenvalue weighted by Gasteiger charge is -2.43. The summed E-state index contributed by atoms with van der Waals surface area (Å²) in [6.45, 7) is 9.56. The lowest BCUT2D eigenvalue weighted by atomic mass is 9.62. The number of fused-ring (bicyclic) bond motifs is 7. The van der Waals surface area contributed by atoms with Crippen molar-refractivity contribution in [3.05, 3.63) is 175 Å². The maximum absolute atomic E-state index is 15.6. The van der Waals surface area contributed by atoms with Gasteiger partial charge in [0.1, 0.15) is 5.82 Å². The summed E-state index contributed by atoms with van der Waals surface area (Å²) < 4.78 is 20.2. The van der Waals surface area contributed by atoms with Crippen molar-refractivity contribution in [1.29, 1.82) is 0 Å². The van der Waals surface area contributed by atoms with Gasteiger partial charge >= 0.3 is 0 Å². The van der Waals surface area contributed by atoms with Crippen molar-refractivity contribution in [1.82, 2.24) is 24.1 Å². The zero-order valence-corrected chi connectivity index (χ0v) is 33.5. The van der Waals surface area contributed by atoms with E-state index in [0.717, 1.165) is 56.9 Å². The molecule has 286 valence electrons. The zero-order chi connectivity index (χ0) is 40.0. The molecule has 6 heteroatoms. The normalized spacial score (nSPS) is 14.7. The van der Waals surface area contributed by atoms with Gasteiger partial charge in [0.25, 0.3) is 0 Å². The number of benzene rings is 7. The minimum atomic E-state index is -0.388. The highest BCUT2D eigenvalue weighted by Gasteiger charge is 2.39. The van der Waals surface area contributed by atoms with Crippen molar-refractivity contribution < 1.29 is 4.39 Å². The minimum Gasteiger partial charge on any atom is -0.309 e. The molecule has 1 aliphatic rings. The van der Waals surface area contributed by atoms with Gasteiger partial charge in [-0.2, -0.15) is 9.97 Å². The van der Waals surface area contributed by atoms with E-state index >= 15 is 4.39 Å². The Labute approximate surface area is 342 Å². The molecule has 0 atom stereocenters. The number of halogens is 1. The summed E-state index contributed by atoms with van der Waals surface area (Å²) in [7, 11) is 0. The van der Waals surface area contributed by atoms with Crippen molar-refractivity contribution in [2.24, 2.45) is 0 Å². The van der Waals surface area contributed by atoms with Crippen LogP contribution in [0.1, 0.15) is 51.7 Å². The molecular formula is C53H42FN5. The first kappa shape index (κ1) is 35.3. The van der Waals surface area contributed by atoms with E-state index in [1.807, 2.05) is 36.4 Å². The van der Waals surface area contributed by atoms with Crippen LogP contribution in [0.25, 0.3) is 89.2 Å². The van der Waals surface area contributed by atoms with E-state index < -0.39 is 0 Å². The third kappa shape index (κ3) is 5.54. The van der Waals surface area contributed by atoms with Crippen molar-refractivity contribution in [2.75, 3.05) is 0 Å². The Morgan fingerprint density at radius 3 is 1.76 bits per heavy atom. The van der Waals surface area contributed by atoms with Gasteiger partial charge in [-0.15, -0.1) is 0 Å². The molecule has 0 saturated carbocycles. The third-order valence-electron chi connectivity index (χ3n) is 12.7. The van der Waals surface area contributed by atoms with E-state index in [2.05, 4.69) is 140 Å². The maximum Gasteiger partial charge on any atom is 0.238 e. The molecule has 0 saturated heterocycles.